The van der Waals surface area contributed by atoms with Gasteiger partial charge in [0.15, 0.2) is 0 Å². The first-order chi connectivity index (χ1) is 6.66. The summed E-state index contributed by atoms with van der Waals surface area (Å²) in [5.41, 5.74) is 4.75. The second-order valence-corrected chi connectivity index (χ2v) is 5.16. The molecule has 3 N–H and O–H groups in total. The van der Waals surface area contributed by atoms with Gasteiger partial charge in [-0.2, -0.15) is 0 Å². The minimum atomic E-state index is -0.794. The Morgan fingerprint density at radius 2 is 2.07 bits per heavy atom. The van der Waals surface area contributed by atoms with Gasteiger partial charge in [-0.05, 0) is 20.9 Å². The molecule has 0 amide bonds. The Labute approximate surface area is 96.4 Å². The van der Waals surface area contributed by atoms with E-state index in [1.807, 2.05) is 18.9 Å². The zero-order chi connectivity index (χ0) is 12.2. The van der Waals surface area contributed by atoms with Gasteiger partial charge in [0.2, 0.25) is 0 Å². The van der Waals surface area contributed by atoms with E-state index in [0.29, 0.717) is 18.1 Å². The lowest BCUT2D eigenvalue weighted by Gasteiger charge is -2.28. The first-order valence-electron chi connectivity index (χ1n) is 4.88. The van der Waals surface area contributed by atoms with E-state index < -0.39 is 11.4 Å². The summed E-state index contributed by atoms with van der Waals surface area (Å²) in [6.45, 7) is 6.52. The molecule has 0 radical (unpaired) electrons. The molecule has 0 saturated heterocycles. The number of hydrogen-bond acceptors (Lipinski definition) is 3. The van der Waals surface area contributed by atoms with Crippen LogP contribution in [0.4, 0.5) is 0 Å². The van der Waals surface area contributed by atoms with Crippen molar-refractivity contribution in [1.82, 2.24) is 4.90 Å². The average molecular weight is 232 g/mol. The minimum absolute atomic E-state index is 0.106. The number of rotatable bonds is 6. The maximum Gasteiger partial charge on any atom is 0.310 e. The van der Waals surface area contributed by atoms with Crippen LogP contribution in [-0.4, -0.2) is 41.1 Å². The zero-order valence-electron chi connectivity index (χ0n) is 9.78. The first-order valence-corrected chi connectivity index (χ1v) is 5.29. The standard InChI is InChI=1S/C10H20N2O2S/c1-7(8(11)15)5-12(4)6-10(2,3)9(13)14/h7H,5-6H2,1-4H3,(H2,11,15)(H,13,14). The van der Waals surface area contributed by atoms with Gasteiger partial charge >= 0.3 is 5.97 Å². The van der Waals surface area contributed by atoms with Crippen LogP contribution >= 0.6 is 12.2 Å². The average Bonchev–Trinajstić information content (AvgIpc) is 2.01. The van der Waals surface area contributed by atoms with E-state index in [0.717, 1.165) is 0 Å². The lowest BCUT2D eigenvalue weighted by molar-refractivity contribution is -0.147. The molecule has 0 aliphatic rings. The molecule has 1 unspecified atom stereocenters. The van der Waals surface area contributed by atoms with E-state index in [1.54, 1.807) is 13.8 Å². The molecule has 4 nitrogen and oxygen atoms in total. The summed E-state index contributed by atoms with van der Waals surface area (Å²) in [6.07, 6.45) is 0. The van der Waals surface area contributed by atoms with Crippen LogP contribution in [0.25, 0.3) is 0 Å². The van der Waals surface area contributed by atoms with Gasteiger partial charge in [0.25, 0.3) is 0 Å². The molecule has 1 atom stereocenters. The van der Waals surface area contributed by atoms with E-state index in [9.17, 15) is 4.79 Å². The van der Waals surface area contributed by atoms with Crippen molar-refractivity contribution in [2.24, 2.45) is 17.1 Å². The van der Waals surface area contributed by atoms with Crippen LogP contribution in [-0.2, 0) is 4.79 Å². The van der Waals surface area contributed by atoms with Crippen LogP contribution in [0.1, 0.15) is 20.8 Å². The summed E-state index contributed by atoms with van der Waals surface area (Å²) in [6, 6.07) is 0. The molecule has 0 fully saturated rings. The Hall–Kier alpha value is -0.680. The van der Waals surface area contributed by atoms with Gasteiger partial charge in [0, 0.05) is 19.0 Å². The van der Waals surface area contributed by atoms with Crippen LogP contribution in [0, 0.1) is 11.3 Å². The number of carbonyl (C=O) groups is 1. The summed E-state index contributed by atoms with van der Waals surface area (Å²) in [7, 11) is 1.87. The third kappa shape index (κ3) is 5.09. The number of aliphatic carboxylic acids is 1. The SMILES string of the molecule is CC(CN(C)CC(C)(C)C(=O)O)C(N)=S. The van der Waals surface area contributed by atoms with Gasteiger partial charge in [0.05, 0.1) is 10.4 Å². The largest absolute Gasteiger partial charge is 0.481 e. The van der Waals surface area contributed by atoms with Crippen LogP contribution in [0.15, 0.2) is 0 Å². The van der Waals surface area contributed by atoms with Crippen molar-refractivity contribution in [2.45, 2.75) is 20.8 Å². The van der Waals surface area contributed by atoms with Gasteiger partial charge in [-0.3, -0.25) is 4.79 Å². The molecule has 5 heteroatoms. The molecule has 0 aliphatic heterocycles. The molecule has 0 rings (SSSR count). The normalized spacial score (nSPS) is 13.9. The van der Waals surface area contributed by atoms with Crippen LogP contribution < -0.4 is 5.73 Å². The first kappa shape index (κ1) is 14.3. The molecular weight excluding hydrogens is 212 g/mol. The maximum atomic E-state index is 10.9. The highest BCUT2D eigenvalue weighted by atomic mass is 32.1. The van der Waals surface area contributed by atoms with Crippen LogP contribution in [0.2, 0.25) is 0 Å². The Morgan fingerprint density at radius 3 is 2.40 bits per heavy atom. The molecule has 0 aromatic heterocycles. The molecule has 0 aromatic carbocycles. The highest BCUT2D eigenvalue weighted by Crippen LogP contribution is 2.17. The Balaban J connectivity index is 4.20. The van der Waals surface area contributed by atoms with E-state index in [2.05, 4.69) is 0 Å². The van der Waals surface area contributed by atoms with Crippen molar-refractivity contribution in [1.29, 1.82) is 0 Å². The Morgan fingerprint density at radius 1 is 1.60 bits per heavy atom. The third-order valence-electron chi connectivity index (χ3n) is 2.32. The number of carboxylic acid groups (broad SMARTS) is 1. The smallest absolute Gasteiger partial charge is 0.310 e. The molecule has 0 bridgehead atoms. The lowest BCUT2D eigenvalue weighted by atomic mass is 9.93. The third-order valence-corrected chi connectivity index (χ3v) is 2.72. The lowest BCUT2D eigenvalue weighted by Crippen LogP contribution is -2.40. The number of nitrogens with two attached hydrogens (primary N) is 1. The van der Waals surface area contributed by atoms with Gasteiger partial charge in [-0.15, -0.1) is 0 Å². The zero-order valence-corrected chi connectivity index (χ0v) is 10.6. The van der Waals surface area contributed by atoms with E-state index in [-0.39, 0.29) is 5.92 Å². The van der Waals surface area contributed by atoms with E-state index >= 15 is 0 Å². The minimum Gasteiger partial charge on any atom is -0.481 e. The molecule has 0 saturated carbocycles. The topological polar surface area (TPSA) is 66.6 Å². The monoisotopic (exact) mass is 232 g/mol. The highest BCUT2D eigenvalue weighted by molar-refractivity contribution is 7.80. The van der Waals surface area contributed by atoms with E-state index in [4.69, 9.17) is 23.1 Å². The second-order valence-electron chi connectivity index (χ2n) is 4.69. The van der Waals surface area contributed by atoms with Crippen molar-refractivity contribution in [3.05, 3.63) is 0 Å². The maximum absolute atomic E-state index is 10.9. The number of thiocarbonyl (C=S) groups is 1. The molecule has 0 spiro atoms. The van der Waals surface area contributed by atoms with Crippen LogP contribution in [0.3, 0.4) is 0 Å². The second kappa shape index (κ2) is 5.42. The van der Waals surface area contributed by atoms with Gasteiger partial charge in [-0.1, -0.05) is 19.1 Å². The highest BCUT2D eigenvalue weighted by Gasteiger charge is 2.28. The van der Waals surface area contributed by atoms with E-state index in [1.165, 1.54) is 0 Å². The molecule has 15 heavy (non-hydrogen) atoms. The summed E-state index contributed by atoms with van der Waals surface area (Å²) < 4.78 is 0. The molecule has 88 valence electrons. The molecular formula is C10H20N2O2S. The fraction of sp³-hybridized carbons (Fsp3) is 0.800. The van der Waals surface area contributed by atoms with Crippen molar-refractivity contribution >= 4 is 23.2 Å². The number of carboxylic acids is 1. The summed E-state index contributed by atoms with van der Waals surface area (Å²) in [4.78, 5) is 13.3. The molecule has 0 heterocycles. The summed E-state index contributed by atoms with van der Waals surface area (Å²) >= 11 is 4.86. The van der Waals surface area contributed by atoms with Gasteiger partial charge in [0.1, 0.15) is 0 Å². The number of nitrogens with zero attached hydrogens (tertiary/aromatic N) is 1. The number of hydrogen-bond donors (Lipinski definition) is 2. The molecule has 0 aliphatic carbocycles. The van der Waals surface area contributed by atoms with Crippen molar-refractivity contribution in [3.8, 4) is 0 Å². The Bertz CT molecular complexity index is 254. The molecule has 0 aromatic rings. The van der Waals surface area contributed by atoms with Crippen molar-refractivity contribution in [2.75, 3.05) is 20.1 Å². The van der Waals surface area contributed by atoms with Crippen LogP contribution in [0.5, 0.6) is 0 Å². The van der Waals surface area contributed by atoms with Gasteiger partial charge < -0.3 is 15.7 Å². The predicted octanol–water partition coefficient (Wildman–Crippen LogP) is 0.951. The summed E-state index contributed by atoms with van der Waals surface area (Å²) in [5.74, 6) is -0.688. The van der Waals surface area contributed by atoms with Gasteiger partial charge in [-0.25, -0.2) is 0 Å². The van der Waals surface area contributed by atoms with Crippen molar-refractivity contribution in [3.63, 3.8) is 0 Å². The predicted molar refractivity (Wildman–Crippen MR) is 64.9 cm³/mol. The summed E-state index contributed by atoms with van der Waals surface area (Å²) in [5, 5.41) is 8.96. The fourth-order valence-corrected chi connectivity index (χ4v) is 1.44. The quantitative estimate of drug-likeness (QED) is 0.667. The fourth-order valence-electron chi connectivity index (χ4n) is 1.36. The van der Waals surface area contributed by atoms with Crippen molar-refractivity contribution < 1.29 is 9.90 Å². The Kier molecular flexibility index (Phi) is 5.17.